The summed E-state index contributed by atoms with van der Waals surface area (Å²) in [5.41, 5.74) is 3.65. The number of ether oxygens (including phenoxy) is 1. The van der Waals surface area contributed by atoms with Gasteiger partial charge in [-0.2, -0.15) is 0 Å². The van der Waals surface area contributed by atoms with E-state index in [4.69, 9.17) is 4.74 Å². The van der Waals surface area contributed by atoms with Gasteiger partial charge in [-0.3, -0.25) is 9.69 Å². The van der Waals surface area contributed by atoms with Gasteiger partial charge in [0, 0.05) is 5.56 Å². The molecule has 156 valence electrons. The van der Waals surface area contributed by atoms with E-state index in [2.05, 4.69) is 5.32 Å². The van der Waals surface area contributed by atoms with Gasteiger partial charge in [-0.25, -0.2) is 9.18 Å². The summed E-state index contributed by atoms with van der Waals surface area (Å²) in [6.45, 7) is 2.43. The summed E-state index contributed by atoms with van der Waals surface area (Å²) in [7, 11) is 0. The first kappa shape index (κ1) is 20.3. The van der Waals surface area contributed by atoms with Crippen molar-refractivity contribution in [2.24, 2.45) is 0 Å². The molecular formula is C25H21FN2O3. The van der Waals surface area contributed by atoms with Gasteiger partial charge in [0.05, 0.1) is 6.54 Å². The van der Waals surface area contributed by atoms with Gasteiger partial charge in [-0.1, -0.05) is 60.2 Å². The molecule has 3 aromatic rings. The summed E-state index contributed by atoms with van der Waals surface area (Å²) in [6.07, 6.45) is 1.61. The number of aryl methyl sites for hydroxylation is 1. The van der Waals surface area contributed by atoms with Crippen LogP contribution in [0.2, 0.25) is 0 Å². The molecule has 0 aromatic heterocycles. The third-order valence-electron chi connectivity index (χ3n) is 4.95. The van der Waals surface area contributed by atoms with Crippen LogP contribution < -0.4 is 10.1 Å². The molecule has 4 rings (SSSR count). The molecule has 0 atom stereocenters. The first-order valence-electron chi connectivity index (χ1n) is 9.86. The molecule has 3 aromatic carbocycles. The maximum absolute atomic E-state index is 13.1. The monoisotopic (exact) mass is 416 g/mol. The summed E-state index contributed by atoms with van der Waals surface area (Å²) in [6, 6.07) is 20.5. The lowest BCUT2D eigenvalue weighted by Crippen LogP contribution is -2.30. The minimum absolute atomic E-state index is 0.190. The summed E-state index contributed by atoms with van der Waals surface area (Å²) >= 11 is 0. The lowest BCUT2D eigenvalue weighted by molar-refractivity contribution is -0.123. The van der Waals surface area contributed by atoms with E-state index in [1.54, 1.807) is 30.3 Å². The number of carbonyl (C=O) groups is 2. The number of rotatable bonds is 6. The van der Waals surface area contributed by atoms with Crippen LogP contribution in [0.25, 0.3) is 6.08 Å². The second kappa shape index (κ2) is 8.83. The third kappa shape index (κ3) is 4.80. The quantitative estimate of drug-likeness (QED) is 0.464. The number of amides is 3. The van der Waals surface area contributed by atoms with Gasteiger partial charge in [0.15, 0.2) is 0 Å². The summed E-state index contributed by atoms with van der Waals surface area (Å²) < 4.78 is 18.9. The predicted octanol–water partition coefficient (Wildman–Crippen LogP) is 4.81. The minimum Gasteiger partial charge on any atom is -0.488 e. The highest BCUT2D eigenvalue weighted by atomic mass is 19.1. The Morgan fingerprint density at radius 2 is 1.61 bits per heavy atom. The van der Waals surface area contributed by atoms with E-state index in [1.165, 1.54) is 17.0 Å². The van der Waals surface area contributed by atoms with Crippen molar-refractivity contribution in [2.45, 2.75) is 20.1 Å². The summed E-state index contributed by atoms with van der Waals surface area (Å²) in [4.78, 5) is 26.4. The molecule has 1 aliphatic rings. The van der Waals surface area contributed by atoms with Crippen molar-refractivity contribution in [1.29, 1.82) is 0 Å². The van der Waals surface area contributed by atoms with Gasteiger partial charge in [-0.05, 0) is 42.3 Å². The Morgan fingerprint density at radius 1 is 0.935 bits per heavy atom. The highest BCUT2D eigenvalue weighted by Gasteiger charge is 2.33. The van der Waals surface area contributed by atoms with Crippen LogP contribution in [-0.4, -0.2) is 16.8 Å². The van der Waals surface area contributed by atoms with E-state index in [9.17, 15) is 14.0 Å². The Labute approximate surface area is 179 Å². The molecule has 0 unspecified atom stereocenters. The minimum atomic E-state index is -0.457. The van der Waals surface area contributed by atoms with Gasteiger partial charge in [0.1, 0.15) is 23.9 Å². The van der Waals surface area contributed by atoms with Crippen LogP contribution in [0.1, 0.15) is 22.3 Å². The van der Waals surface area contributed by atoms with E-state index >= 15 is 0 Å². The number of carbonyl (C=O) groups excluding carboxylic acids is 2. The molecule has 0 radical (unpaired) electrons. The predicted molar refractivity (Wildman–Crippen MR) is 115 cm³/mol. The van der Waals surface area contributed by atoms with Crippen molar-refractivity contribution >= 4 is 18.0 Å². The Morgan fingerprint density at radius 3 is 2.35 bits per heavy atom. The SMILES string of the molecule is Cc1ccc(CN2C(=O)N/C(=C/c3ccccc3OCc3ccc(F)cc3)C2=O)cc1. The fourth-order valence-electron chi connectivity index (χ4n) is 3.22. The molecule has 1 aliphatic heterocycles. The van der Waals surface area contributed by atoms with Gasteiger partial charge >= 0.3 is 6.03 Å². The van der Waals surface area contributed by atoms with Crippen LogP contribution >= 0.6 is 0 Å². The molecule has 5 nitrogen and oxygen atoms in total. The first-order chi connectivity index (χ1) is 15.0. The van der Waals surface area contributed by atoms with Gasteiger partial charge < -0.3 is 10.1 Å². The fourth-order valence-corrected chi connectivity index (χ4v) is 3.22. The van der Waals surface area contributed by atoms with Crippen molar-refractivity contribution in [3.63, 3.8) is 0 Å². The fraction of sp³-hybridized carbons (Fsp3) is 0.120. The Bertz CT molecular complexity index is 1140. The van der Waals surface area contributed by atoms with E-state index in [-0.39, 0.29) is 30.6 Å². The number of imide groups is 1. The number of nitrogens with one attached hydrogen (secondary N) is 1. The zero-order chi connectivity index (χ0) is 21.8. The Balaban J connectivity index is 1.50. The summed E-state index contributed by atoms with van der Waals surface area (Å²) in [5, 5.41) is 2.64. The van der Waals surface area contributed by atoms with Crippen molar-refractivity contribution in [3.8, 4) is 5.75 Å². The van der Waals surface area contributed by atoms with Crippen LogP contribution in [0.3, 0.4) is 0 Å². The number of hydrogen-bond acceptors (Lipinski definition) is 3. The van der Waals surface area contributed by atoms with E-state index in [0.717, 1.165) is 16.7 Å². The highest BCUT2D eigenvalue weighted by molar-refractivity contribution is 6.14. The molecular weight excluding hydrogens is 395 g/mol. The molecule has 0 aliphatic carbocycles. The molecule has 1 saturated heterocycles. The number of para-hydroxylation sites is 1. The maximum Gasteiger partial charge on any atom is 0.329 e. The molecule has 0 saturated carbocycles. The van der Waals surface area contributed by atoms with Crippen LogP contribution in [0.15, 0.2) is 78.5 Å². The largest absolute Gasteiger partial charge is 0.488 e. The van der Waals surface area contributed by atoms with Gasteiger partial charge in [0.25, 0.3) is 5.91 Å². The van der Waals surface area contributed by atoms with Crippen LogP contribution in [-0.2, 0) is 17.9 Å². The summed E-state index contributed by atoms with van der Waals surface area (Å²) in [5.74, 6) is -0.142. The standard InChI is InChI=1S/C25H21FN2O3/c1-17-6-8-18(9-7-17)15-28-24(29)22(27-25(28)30)14-20-4-2-3-5-23(20)31-16-19-10-12-21(26)13-11-19/h2-14H,15-16H2,1H3,(H,27,30)/b22-14+. The highest BCUT2D eigenvalue weighted by Crippen LogP contribution is 2.24. The van der Waals surface area contributed by atoms with Gasteiger partial charge in [0.2, 0.25) is 0 Å². The molecule has 0 bridgehead atoms. The molecule has 6 heteroatoms. The lowest BCUT2D eigenvalue weighted by Gasteiger charge is -2.12. The molecule has 1 heterocycles. The average molecular weight is 416 g/mol. The smallest absolute Gasteiger partial charge is 0.329 e. The number of urea groups is 1. The molecule has 1 N–H and O–H groups in total. The third-order valence-corrected chi connectivity index (χ3v) is 4.95. The molecule has 31 heavy (non-hydrogen) atoms. The second-order valence-electron chi connectivity index (χ2n) is 7.32. The van der Waals surface area contributed by atoms with Crippen molar-refractivity contribution in [1.82, 2.24) is 10.2 Å². The molecule has 3 amide bonds. The van der Waals surface area contributed by atoms with E-state index in [0.29, 0.717) is 11.3 Å². The Hall–Kier alpha value is -3.93. The van der Waals surface area contributed by atoms with E-state index in [1.807, 2.05) is 43.3 Å². The number of benzene rings is 3. The van der Waals surface area contributed by atoms with E-state index < -0.39 is 6.03 Å². The second-order valence-corrected chi connectivity index (χ2v) is 7.32. The van der Waals surface area contributed by atoms with Crippen LogP contribution in [0.4, 0.5) is 9.18 Å². The zero-order valence-corrected chi connectivity index (χ0v) is 17.0. The average Bonchev–Trinajstić information content (AvgIpc) is 3.03. The topological polar surface area (TPSA) is 58.6 Å². The molecule has 1 fully saturated rings. The van der Waals surface area contributed by atoms with Gasteiger partial charge in [-0.15, -0.1) is 0 Å². The Kier molecular flexibility index (Phi) is 5.80. The normalized spacial score (nSPS) is 14.8. The van der Waals surface area contributed by atoms with Crippen molar-refractivity contribution in [3.05, 3.63) is 107 Å². The first-order valence-corrected chi connectivity index (χ1v) is 9.86. The molecule has 0 spiro atoms. The number of hydrogen-bond donors (Lipinski definition) is 1. The van der Waals surface area contributed by atoms with Crippen molar-refractivity contribution in [2.75, 3.05) is 0 Å². The van der Waals surface area contributed by atoms with Crippen LogP contribution in [0.5, 0.6) is 5.75 Å². The van der Waals surface area contributed by atoms with Crippen LogP contribution in [0, 0.1) is 12.7 Å². The van der Waals surface area contributed by atoms with Crippen molar-refractivity contribution < 1.29 is 18.7 Å². The zero-order valence-electron chi connectivity index (χ0n) is 17.0. The number of halogens is 1. The maximum atomic E-state index is 13.1. The lowest BCUT2D eigenvalue weighted by atomic mass is 10.1. The number of nitrogens with zero attached hydrogens (tertiary/aromatic N) is 1.